The number of carbonyl (C=O) groups excluding carboxylic acids is 1. The van der Waals surface area contributed by atoms with Crippen molar-refractivity contribution >= 4 is 26.8 Å². The normalized spacial score (nSPS) is 11.9. The van der Waals surface area contributed by atoms with Crippen molar-refractivity contribution in [1.29, 1.82) is 0 Å². The van der Waals surface area contributed by atoms with Crippen molar-refractivity contribution in [2.45, 2.75) is 0 Å². The topological polar surface area (TPSA) is 71.4 Å². The van der Waals surface area contributed by atoms with Crippen LogP contribution in [-0.4, -0.2) is 49.6 Å². The number of benzene rings is 2. The average molecular weight is 385 g/mol. The van der Waals surface area contributed by atoms with Crippen LogP contribution in [0.25, 0.3) is 22.0 Å². The van der Waals surface area contributed by atoms with Gasteiger partial charge in [-0.1, -0.05) is 18.2 Å². The molecule has 2 aromatic carbocycles. The third-order valence-electron chi connectivity index (χ3n) is 4.57. The molecule has 0 radical (unpaired) electrons. The molecular formula is C20H23N3O3S. The number of nitrogens with one attached hydrogen (secondary N) is 1. The van der Waals surface area contributed by atoms with Crippen LogP contribution in [0, 0.1) is 0 Å². The van der Waals surface area contributed by atoms with Crippen molar-refractivity contribution < 1.29 is 13.2 Å². The molecule has 1 amide bonds. The van der Waals surface area contributed by atoms with Crippen molar-refractivity contribution in [2.75, 3.05) is 26.4 Å². The molecule has 1 N–H and O–H groups in total. The predicted molar refractivity (Wildman–Crippen MR) is 108 cm³/mol. The largest absolute Gasteiger partial charge is 0.351 e. The minimum Gasteiger partial charge on any atom is -0.351 e. The summed E-state index contributed by atoms with van der Waals surface area (Å²) < 4.78 is 26.7. The van der Waals surface area contributed by atoms with Gasteiger partial charge < -0.3 is 9.88 Å². The highest BCUT2D eigenvalue weighted by atomic mass is 32.2. The van der Waals surface area contributed by atoms with Gasteiger partial charge in [0, 0.05) is 50.4 Å². The maximum atomic E-state index is 12.2. The highest BCUT2D eigenvalue weighted by Gasteiger charge is 2.14. The number of fused-ring (bicyclic) bond motifs is 1. The predicted octanol–water partition coefficient (Wildman–Crippen LogP) is 2.47. The molecule has 0 unspecified atom stereocenters. The van der Waals surface area contributed by atoms with Crippen molar-refractivity contribution in [1.82, 2.24) is 14.2 Å². The van der Waals surface area contributed by atoms with Crippen LogP contribution in [0.15, 0.2) is 54.7 Å². The van der Waals surface area contributed by atoms with E-state index in [1.807, 2.05) is 25.4 Å². The van der Waals surface area contributed by atoms with Gasteiger partial charge in [0.15, 0.2) is 0 Å². The number of hydrogen-bond donors (Lipinski definition) is 1. The van der Waals surface area contributed by atoms with Gasteiger partial charge >= 0.3 is 0 Å². The van der Waals surface area contributed by atoms with Crippen molar-refractivity contribution in [3.63, 3.8) is 0 Å². The van der Waals surface area contributed by atoms with E-state index in [0.29, 0.717) is 5.56 Å². The van der Waals surface area contributed by atoms with Crippen molar-refractivity contribution in [3.8, 4) is 11.1 Å². The van der Waals surface area contributed by atoms with Gasteiger partial charge in [0.05, 0.1) is 5.75 Å². The van der Waals surface area contributed by atoms with E-state index >= 15 is 0 Å². The SMILES string of the molecule is CN(C)S(=O)(=O)CCNC(=O)c1ccc(-c2ccc3c(ccn3C)c2)cc1. The summed E-state index contributed by atoms with van der Waals surface area (Å²) in [5, 5.41) is 3.81. The van der Waals surface area contributed by atoms with E-state index in [1.165, 1.54) is 25.0 Å². The molecule has 3 rings (SSSR count). The fourth-order valence-electron chi connectivity index (χ4n) is 2.85. The van der Waals surface area contributed by atoms with Crippen molar-refractivity contribution in [2.24, 2.45) is 7.05 Å². The summed E-state index contributed by atoms with van der Waals surface area (Å²) in [5.74, 6) is -0.407. The van der Waals surface area contributed by atoms with E-state index in [-0.39, 0.29) is 18.2 Å². The molecule has 0 saturated heterocycles. The van der Waals surface area contributed by atoms with Crippen LogP contribution < -0.4 is 5.32 Å². The van der Waals surface area contributed by atoms with Gasteiger partial charge in [0.1, 0.15) is 0 Å². The van der Waals surface area contributed by atoms with Crippen LogP contribution in [-0.2, 0) is 17.1 Å². The first-order chi connectivity index (χ1) is 12.8. The number of carbonyl (C=O) groups is 1. The molecule has 0 spiro atoms. The standard InChI is InChI=1S/C20H23N3O3S/c1-22(2)27(25,26)13-11-21-20(24)16-6-4-15(5-7-16)17-8-9-19-18(14-17)10-12-23(19)3/h4-10,12,14H,11,13H2,1-3H3,(H,21,24). The molecular weight excluding hydrogens is 362 g/mol. The Morgan fingerprint density at radius 1 is 1.04 bits per heavy atom. The van der Waals surface area contributed by atoms with E-state index in [4.69, 9.17) is 0 Å². The Hall–Kier alpha value is -2.64. The number of sulfonamides is 1. The number of rotatable bonds is 6. The first kappa shape index (κ1) is 19.1. The lowest BCUT2D eigenvalue weighted by atomic mass is 10.0. The minimum absolute atomic E-state index is 0.0752. The van der Waals surface area contributed by atoms with E-state index in [2.05, 4.69) is 34.1 Å². The highest BCUT2D eigenvalue weighted by Crippen LogP contribution is 2.25. The lowest BCUT2D eigenvalue weighted by molar-refractivity contribution is 0.0956. The second-order valence-electron chi connectivity index (χ2n) is 6.63. The molecule has 0 bridgehead atoms. The van der Waals surface area contributed by atoms with Crippen molar-refractivity contribution in [3.05, 3.63) is 60.3 Å². The molecule has 27 heavy (non-hydrogen) atoms. The molecule has 0 aliphatic carbocycles. The molecule has 7 heteroatoms. The number of nitrogens with zero attached hydrogens (tertiary/aromatic N) is 2. The van der Waals surface area contributed by atoms with Gasteiger partial charge in [-0.3, -0.25) is 4.79 Å². The summed E-state index contributed by atoms with van der Waals surface area (Å²) in [6.45, 7) is 0.0752. The van der Waals surface area contributed by atoms with Gasteiger partial charge in [-0.05, 0) is 41.5 Å². The van der Waals surface area contributed by atoms with Gasteiger partial charge in [-0.2, -0.15) is 0 Å². The van der Waals surface area contributed by atoms with Crippen LogP contribution >= 0.6 is 0 Å². The van der Waals surface area contributed by atoms with Crippen LogP contribution in [0.4, 0.5) is 0 Å². The number of amides is 1. The summed E-state index contributed by atoms with van der Waals surface area (Å²) >= 11 is 0. The molecule has 0 atom stereocenters. The van der Waals surface area contributed by atoms with Crippen LogP contribution in [0.2, 0.25) is 0 Å². The number of aromatic nitrogens is 1. The van der Waals surface area contributed by atoms with Crippen LogP contribution in [0.5, 0.6) is 0 Å². The Labute approximate surface area is 159 Å². The van der Waals surface area contributed by atoms with Gasteiger partial charge in [0.25, 0.3) is 5.91 Å². The quantitative estimate of drug-likeness (QED) is 0.709. The van der Waals surface area contributed by atoms with E-state index in [0.717, 1.165) is 15.4 Å². The zero-order valence-electron chi connectivity index (χ0n) is 15.6. The summed E-state index contributed by atoms with van der Waals surface area (Å²) in [6, 6.07) is 15.6. The molecule has 6 nitrogen and oxygen atoms in total. The van der Waals surface area contributed by atoms with E-state index < -0.39 is 10.0 Å². The van der Waals surface area contributed by atoms with Gasteiger partial charge in [-0.15, -0.1) is 0 Å². The van der Waals surface area contributed by atoms with E-state index in [1.54, 1.807) is 12.1 Å². The molecule has 0 aliphatic rings. The highest BCUT2D eigenvalue weighted by molar-refractivity contribution is 7.89. The summed E-state index contributed by atoms with van der Waals surface area (Å²) in [7, 11) is 1.64. The number of aryl methyl sites for hydroxylation is 1. The molecule has 142 valence electrons. The molecule has 0 fully saturated rings. The number of hydrogen-bond acceptors (Lipinski definition) is 3. The first-order valence-corrected chi connectivity index (χ1v) is 10.2. The second-order valence-corrected chi connectivity index (χ2v) is 8.93. The average Bonchev–Trinajstić information content (AvgIpc) is 3.02. The lowest BCUT2D eigenvalue weighted by Gasteiger charge is -2.11. The van der Waals surface area contributed by atoms with Crippen LogP contribution in [0.1, 0.15) is 10.4 Å². The lowest BCUT2D eigenvalue weighted by Crippen LogP contribution is -2.33. The zero-order chi connectivity index (χ0) is 19.6. The van der Waals surface area contributed by atoms with E-state index in [9.17, 15) is 13.2 Å². The molecule has 1 aromatic heterocycles. The third kappa shape index (κ3) is 4.20. The monoisotopic (exact) mass is 385 g/mol. The third-order valence-corrected chi connectivity index (χ3v) is 6.40. The maximum absolute atomic E-state index is 12.2. The maximum Gasteiger partial charge on any atom is 0.251 e. The Morgan fingerprint density at radius 2 is 1.70 bits per heavy atom. The van der Waals surface area contributed by atoms with Crippen LogP contribution in [0.3, 0.4) is 0 Å². The Kier molecular flexibility index (Phi) is 5.34. The second kappa shape index (κ2) is 7.54. The molecule has 0 saturated carbocycles. The Balaban J connectivity index is 1.68. The fourth-order valence-corrected chi connectivity index (χ4v) is 3.58. The minimum atomic E-state index is -3.32. The fraction of sp³-hybridized carbons (Fsp3) is 0.250. The summed E-state index contributed by atoms with van der Waals surface area (Å²) in [5.41, 5.74) is 3.77. The van der Waals surface area contributed by atoms with Gasteiger partial charge in [0.2, 0.25) is 10.0 Å². The first-order valence-electron chi connectivity index (χ1n) is 8.62. The summed E-state index contributed by atoms with van der Waals surface area (Å²) in [6.07, 6.45) is 2.03. The summed E-state index contributed by atoms with van der Waals surface area (Å²) in [4.78, 5) is 12.2. The Morgan fingerprint density at radius 3 is 2.37 bits per heavy atom. The zero-order valence-corrected chi connectivity index (χ0v) is 16.5. The molecule has 0 aliphatic heterocycles. The van der Waals surface area contributed by atoms with Gasteiger partial charge in [-0.25, -0.2) is 12.7 Å². The molecule has 1 heterocycles. The molecule has 3 aromatic rings. The Bertz CT molecular complexity index is 1070. The smallest absolute Gasteiger partial charge is 0.251 e.